The van der Waals surface area contributed by atoms with Crippen LogP contribution >= 0.6 is 11.6 Å². The van der Waals surface area contributed by atoms with Gasteiger partial charge in [-0.2, -0.15) is 10.1 Å². The monoisotopic (exact) mass is 368 g/mol. The van der Waals surface area contributed by atoms with Gasteiger partial charge in [0.2, 0.25) is 5.95 Å². The summed E-state index contributed by atoms with van der Waals surface area (Å²) in [5, 5.41) is 8.37. The van der Waals surface area contributed by atoms with Crippen molar-refractivity contribution in [1.29, 1.82) is 0 Å². The van der Waals surface area contributed by atoms with Crippen LogP contribution in [0.1, 0.15) is 17.2 Å². The van der Waals surface area contributed by atoms with Crippen molar-refractivity contribution in [1.82, 2.24) is 14.8 Å². The lowest BCUT2D eigenvalue weighted by Gasteiger charge is -2.25. The van der Waals surface area contributed by atoms with E-state index in [-0.39, 0.29) is 6.04 Å². The highest BCUT2D eigenvalue weighted by Gasteiger charge is 2.24. The number of hydrogen-bond donors (Lipinski definition) is 1. The fraction of sp³-hybridized carbons (Fsp3) is 0.158. The molecule has 0 amide bonds. The number of ether oxygens (including phenoxy) is 2. The Morgan fingerprint density at radius 3 is 2.62 bits per heavy atom. The standard InChI is InChI=1S/C19H17ClN4O2/c1-25-14-7-8-15(18(9-14)26-2)16-10-17(12-3-5-13(20)6-4-12)24-19(23-16)21-11-22-24/h3-11,17H,1-2H3,(H,21,22,23). The predicted molar refractivity (Wildman–Crippen MR) is 101 cm³/mol. The number of nitrogens with one attached hydrogen (secondary N) is 1. The van der Waals surface area contributed by atoms with Gasteiger partial charge in [0.25, 0.3) is 0 Å². The Bertz CT molecular complexity index is 966. The molecule has 1 N–H and O–H groups in total. The summed E-state index contributed by atoms with van der Waals surface area (Å²) in [7, 11) is 3.27. The van der Waals surface area contributed by atoms with Crippen LogP contribution in [0.4, 0.5) is 5.95 Å². The summed E-state index contributed by atoms with van der Waals surface area (Å²) in [5.41, 5.74) is 2.87. The van der Waals surface area contributed by atoms with Crippen molar-refractivity contribution in [2.75, 3.05) is 19.5 Å². The zero-order valence-corrected chi connectivity index (χ0v) is 15.1. The zero-order chi connectivity index (χ0) is 18.1. The van der Waals surface area contributed by atoms with Gasteiger partial charge in [-0.1, -0.05) is 23.7 Å². The number of allylic oxidation sites excluding steroid dienone is 1. The molecule has 0 spiro atoms. The number of aromatic nitrogens is 3. The van der Waals surface area contributed by atoms with E-state index in [1.807, 2.05) is 47.1 Å². The van der Waals surface area contributed by atoms with Crippen molar-refractivity contribution < 1.29 is 9.47 Å². The van der Waals surface area contributed by atoms with E-state index in [1.165, 1.54) is 6.33 Å². The molecule has 1 aliphatic heterocycles. The first-order valence-corrected chi connectivity index (χ1v) is 8.43. The Hall–Kier alpha value is -2.99. The second-order valence-electron chi connectivity index (χ2n) is 5.80. The zero-order valence-electron chi connectivity index (χ0n) is 14.3. The summed E-state index contributed by atoms with van der Waals surface area (Å²) in [6.07, 6.45) is 3.63. The van der Waals surface area contributed by atoms with E-state index in [0.29, 0.717) is 16.7 Å². The molecule has 1 unspecified atom stereocenters. The minimum atomic E-state index is -0.104. The predicted octanol–water partition coefficient (Wildman–Crippen LogP) is 4.00. The van der Waals surface area contributed by atoms with Gasteiger partial charge in [0.1, 0.15) is 23.9 Å². The molecule has 4 rings (SSSR count). The Labute approximate surface area is 156 Å². The van der Waals surface area contributed by atoms with Crippen LogP contribution in [0, 0.1) is 0 Å². The number of anilines is 1. The van der Waals surface area contributed by atoms with Crippen molar-refractivity contribution in [2.45, 2.75) is 6.04 Å². The maximum Gasteiger partial charge on any atom is 0.226 e. The highest BCUT2D eigenvalue weighted by molar-refractivity contribution is 6.30. The Morgan fingerprint density at radius 2 is 1.88 bits per heavy atom. The molecule has 0 saturated carbocycles. The molecule has 0 radical (unpaired) electrons. The van der Waals surface area contributed by atoms with E-state index in [1.54, 1.807) is 14.2 Å². The summed E-state index contributed by atoms with van der Waals surface area (Å²) < 4.78 is 12.7. The molecule has 3 aromatic rings. The summed E-state index contributed by atoms with van der Waals surface area (Å²) in [5.74, 6) is 2.12. The summed E-state index contributed by atoms with van der Waals surface area (Å²) in [6.45, 7) is 0. The maximum absolute atomic E-state index is 6.03. The first-order valence-electron chi connectivity index (χ1n) is 8.06. The Morgan fingerprint density at radius 1 is 1.08 bits per heavy atom. The number of rotatable bonds is 4. The number of nitrogens with zero attached hydrogens (tertiary/aromatic N) is 3. The topological polar surface area (TPSA) is 61.2 Å². The third-order valence-corrected chi connectivity index (χ3v) is 4.57. The molecule has 0 aliphatic carbocycles. The number of methoxy groups -OCH3 is 2. The van der Waals surface area contributed by atoms with Gasteiger partial charge in [-0.15, -0.1) is 0 Å². The van der Waals surface area contributed by atoms with Gasteiger partial charge in [0, 0.05) is 16.7 Å². The number of fused-ring (bicyclic) bond motifs is 1. The van der Waals surface area contributed by atoms with Gasteiger partial charge in [-0.25, -0.2) is 4.68 Å². The summed E-state index contributed by atoms with van der Waals surface area (Å²) in [6, 6.07) is 13.3. The van der Waals surface area contributed by atoms with Gasteiger partial charge >= 0.3 is 0 Å². The van der Waals surface area contributed by atoms with E-state index < -0.39 is 0 Å². The van der Waals surface area contributed by atoms with Crippen molar-refractivity contribution in [3.8, 4) is 11.5 Å². The third-order valence-electron chi connectivity index (χ3n) is 4.32. The molecule has 1 atom stereocenters. The largest absolute Gasteiger partial charge is 0.497 e. The van der Waals surface area contributed by atoms with E-state index in [2.05, 4.69) is 21.5 Å². The summed E-state index contributed by atoms with van der Waals surface area (Å²) >= 11 is 6.03. The van der Waals surface area contributed by atoms with E-state index in [0.717, 1.165) is 22.6 Å². The SMILES string of the molecule is COc1ccc(C2=CC(c3ccc(Cl)cc3)n3ncnc3N2)c(OC)c1. The number of halogens is 1. The van der Waals surface area contributed by atoms with Gasteiger partial charge < -0.3 is 14.8 Å². The van der Waals surface area contributed by atoms with Gasteiger partial charge in [0.05, 0.1) is 19.9 Å². The van der Waals surface area contributed by atoms with Crippen LogP contribution in [-0.4, -0.2) is 29.0 Å². The van der Waals surface area contributed by atoms with Crippen LogP contribution in [-0.2, 0) is 0 Å². The summed E-state index contributed by atoms with van der Waals surface area (Å²) in [4.78, 5) is 4.32. The molecular weight excluding hydrogens is 352 g/mol. The minimum absolute atomic E-state index is 0.104. The van der Waals surface area contributed by atoms with E-state index >= 15 is 0 Å². The molecule has 2 aromatic carbocycles. The molecule has 132 valence electrons. The molecule has 26 heavy (non-hydrogen) atoms. The van der Waals surface area contributed by atoms with Crippen LogP contribution in [0.2, 0.25) is 5.02 Å². The van der Waals surface area contributed by atoms with Crippen molar-refractivity contribution >= 4 is 23.2 Å². The molecule has 0 saturated heterocycles. The third kappa shape index (κ3) is 2.88. The molecule has 6 nitrogen and oxygen atoms in total. The lowest BCUT2D eigenvalue weighted by Crippen LogP contribution is -2.20. The van der Waals surface area contributed by atoms with Crippen LogP contribution < -0.4 is 14.8 Å². The fourth-order valence-corrected chi connectivity index (χ4v) is 3.14. The second-order valence-corrected chi connectivity index (χ2v) is 6.23. The number of benzene rings is 2. The Kier molecular flexibility index (Phi) is 4.26. The van der Waals surface area contributed by atoms with Crippen molar-refractivity contribution in [2.24, 2.45) is 0 Å². The highest BCUT2D eigenvalue weighted by Crippen LogP contribution is 2.36. The highest BCUT2D eigenvalue weighted by atomic mass is 35.5. The lowest BCUT2D eigenvalue weighted by molar-refractivity contribution is 0.393. The first kappa shape index (κ1) is 16.5. The van der Waals surface area contributed by atoms with Crippen LogP contribution in [0.25, 0.3) is 5.70 Å². The average Bonchev–Trinajstić information content (AvgIpc) is 3.16. The second kappa shape index (κ2) is 6.72. The number of hydrogen-bond acceptors (Lipinski definition) is 5. The van der Waals surface area contributed by atoms with Gasteiger partial charge in [-0.05, 0) is 35.9 Å². The average molecular weight is 369 g/mol. The smallest absolute Gasteiger partial charge is 0.226 e. The first-order chi connectivity index (χ1) is 12.7. The molecule has 0 bridgehead atoms. The van der Waals surface area contributed by atoms with Gasteiger partial charge in [-0.3, -0.25) is 0 Å². The van der Waals surface area contributed by atoms with E-state index in [4.69, 9.17) is 21.1 Å². The van der Waals surface area contributed by atoms with Crippen LogP contribution in [0.3, 0.4) is 0 Å². The molecule has 7 heteroatoms. The minimum Gasteiger partial charge on any atom is -0.497 e. The van der Waals surface area contributed by atoms with Crippen LogP contribution in [0.5, 0.6) is 11.5 Å². The molecule has 0 fully saturated rings. The van der Waals surface area contributed by atoms with E-state index in [9.17, 15) is 0 Å². The normalized spacial score (nSPS) is 15.7. The van der Waals surface area contributed by atoms with Crippen molar-refractivity contribution in [3.05, 3.63) is 71.0 Å². The Balaban J connectivity index is 1.81. The fourth-order valence-electron chi connectivity index (χ4n) is 3.01. The molecular formula is C19H17ClN4O2. The maximum atomic E-state index is 6.03. The lowest BCUT2D eigenvalue weighted by atomic mass is 10.0. The molecule has 1 aromatic heterocycles. The molecule has 1 aliphatic rings. The van der Waals surface area contributed by atoms with Gasteiger partial charge in [0.15, 0.2) is 0 Å². The van der Waals surface area contributed by atoms with Crippen molar-refractivity contribution in [3.63, 3.8) is 0 Å². The quantitative estimate of drug-likeness (QED) is 0.754. The molecule has 2 heterocycles. The van der Waals surface area contributed by atoms with Crippen LogP contribution in [0.15, 0.2) is 54.9 Å².